The zero-order valence-corrected chi connectivity index (χ0v) is 38.9. The van der Waals surface area contributed by atoms with Crippen LogP contribution < -0.4 is 0 Å². The molecule has 0 radical (unpaired) electrons. The molecule has 70 heavy (non-hydrogen) atoms. The van der Waals surface area contributed by atoms with Crippen molar-refractivity contribution in [2.75, 3.05) is 0 Å². The van der Waals surface area contributed by atoms with E-state index in [0.29, 0.717) is 17.5 Å². The van der Waals surface area contributed by atoms with Crippen LogP contribution >= 0.6 is 22.7 Å². The minimum atomic E-state index is 0.651. The topological polar surface area (TPSA) is 56.7 Å². The molecule has 5 heterocycles. The lowest BCUT2D eigenvalue weighted by atomic mass is 9.99. The highest BCUT2D eigenvalue weighted by Gasteiger charge is 2.20. The molecule has 0 unspecified atom stereocenters. The highest BCUT2D eigenvalue weighted by molar-refractivity contribution is 7.26. The molecule has 326 valence electrons. The predicted octanol–water partition coefficient (Wildman–Crippen LogP) is 17.9. The standard InChI is InChI=1S/C63H36N4OS2/c1-3-12-37(13-4-1)61-64-62(42-25-29-48-47-17-8-10-20-56(47)69-58(48)36-42)66-63(65-61)50-18-11-21-57-60(50)49-30-24-41(35-59(49)70-57)40-23-28-46-51-32-38(26-31-54(51)68-55(46)34-40)39-22-27-45-44-16-7-9-19-52(44)67(53(45)33-39)43-14-5-2-6-15-43/h1-36H. The van der Waals surface area contributed by atoms with E-state index in [2.05, 4.69) is 205 Å². The normalized spacial score (nSPS) is 12.0. The second-order valence-corrected chi connectivity index (χ2v) is 20.1. The molecular formula is C63H36N4OS2. The van der Waals surface area contributed by atoms with Gasteiger partial charge in [-0.1, -0.05) is 146 Å². The van der Waals surface area contributed by atoms with Crippen LogP contribution in [-0.2, 0) is 0 Å². The molecule has 0 saturated carbocycles. The van der Waals surface area contributed by atoms with E-state index in [1.54, 1.807) is 22.7 Å². The first kappa shape index (κ1) is 39.3. The Labute approximate surface area is 408 Å². The van der Waals surface area contributed by atoms with Crippen LogP contribution in [0.25, 0.3) is 146 Å². The van der Waals surface area contributed by atoms with E-state index in [1.165, 1.54) is 56.8 Å². The van der Waals surface area contributed by atoms with Gasteiger partial charge in [0.2, 0.25) is 0 Å². The van der Waals surface area contributed by atoms with E-state index in [4.69, 9.17) is 19.4 Å². The van der Waals surface area contributed by atoms with Gasteiger partial charge in [0.1, 0.15) is 11.2 Å². The number of hydrogen-bond acceptors (Lipinski definition) is 6. The number of nitrogens with zero attached hydrogens (tertiary/aromatic N) is 4. The molecule has 0 fully saturated rings. The molecule has 0 saturated heterocycles. The minimum Gasteiger partial charge on any atom is -0.456 e. The summed E-state index contributed by atoms with van der Waals surface area (Å²) in [7, 11) is 0. The molecule has 0 atom stereocenters. The Balaban J connectivity index is 0.802. The highest BCUT2D eigenvalue weighted by atomic mass is 32.1. The van der Waals surface area contributed by atoms with Gasteiger partial charge in [-0.2, -0.15) is 0 Å². The third-order valence-corrected chi connectivity index (χ3v) is 16.1. The van der Waals surface area contributed by atoms with E-state index in [9.17, 15) is 0 Å². The lowest BCUT2D eigenvalue weighted by Gasteiger charge is -2.10. The maximum atomic E-state index is 6.59. The van der Waals surface area contributed by atoms with Crippen LogP contribution in [0.4, 0.5) is 0 Å². The Bertz CT molecular complexity index is 4600. The zero-order valence-electron chi connectivity index (χ0n) is 37.3. The molecular weight excluding hydrogens is 893 g/mol. The minimum absolute atomic E-state index is 0.651. The molecule has 5 aromatic heterocycles. The molecule has 0 aliphatic rings. The van der Waals surface area contributed by atoms with Crippen molar-refractivity contribution < 1.29 is 4.42 Å². The third kappa shape index (κ3) is 6.19. The molecule has 0 bridgehead atoms. The Morgan fingerprint density at radius 1 is 0.314 bits per heavy atom. The van der Waals surface area contributed by atoms with Gasteiger partial charge in [-0.15, -0.1) is 22.7 Å². The van der Waals surface area contributed by atoms with Crippen LogP contribution in [0.1, 0.15) is 0 Å². The van der Waals surface area contributed by atoms with E-state index in [0.717, 1.165) is 72.0 Å². The van der Waals surface area contributed by atoms with Crippen molar-refractivity contribution in [1.29, 1.82) is 0 Å². The first-order chi connectivity index (χ1) is 34.6. The van der Waals surface area contributed by atoms with Crippen LogP contribution in [-0.4, -0.2) is 19.5 Å². The average molecular weight is 929 g/mol. The fourth-order valence-electron chi connectivity index (χ4n) is 10.5. The summed E-state index contributed by atoms with van der Waals surface area (Å²) in [6.45, 7) is 0. The maximum Gasteiger partial charge on any atom is 0.164 e. The fraction of sp³-hybridized carbons (Fsp3) is 0. The number of thiophene rings is 2. The third-order valence-electron chi connectivity index (χ3n) is 13.9. The quantitative estimate of drug-likeness (QED) is 0.167. The van der Waals surface area contributed by atoms with Gasteiger partial charge in [-0.25, -0.2) is 15.0 Å². The summed E-state index contributed by atoms with van der Waals surface area (Å²) in [5, 5.41) is 9.54. The Hall–Kier alpha value is -8.75. The van der Waals surface area contributed by atoms with Crippen molar-refractivity contribution in [3.05, 3.63) is 218 Å². The zero-order chi connectivity index (χ0) is 45.9. The van der Waals surface area contributed by atoms with E-state index < -0.39 is 0 Å². The molecule has 0 spiro atoms. The molecule has 15 aromatic rings. The first-order valence-corrected chi connectivity index (χ1v) is 25.0. The molecule has 7 heteroatoms. The summed E-state index contributed by atoms with van der Waals surface area (Å²) in [5.74, 6) is 1.96. The molecule has 0 amide bonds. The first-order valence-electron chi connectivity index (χ1n) is 23.4. The lowest BCUT2D eigenvalue weighted by molar-refractivity contribution is 0.669. The lowest BCUT2D eigenvalue weighted by Crippen LogP contribution is -2.00. The van der Waals surface area contributed by atoms with Crippen molar-refractivity contribution in [1.82, 2.24) is 19.5 Å². The summed E-state index contributed by atoms with van der Waals surface area (Å²) in [5.41, 5.74) is 12.7. The summed E-state index contributed by atoms with van der Waals surface area (Å²) in [6, 6.07) is 78.0. The second-order valence-electron chi connectivity index (χ2n) is 17.9. The van der Waals surface area contributed by atoms with Crippen molar-refractivity contribution in [3.63, 3.8) is 0 Å². The fourth-order valence-corrected chi connectivity index (χ4v) is 12.9. The largest absolute Gasteiger partial charge is 0.456 e. The molecule has 0 aliphatic carbocycles. The van der Waals surface area contributed by atoms with Crippen LogP contribution in [0.3, 0.4) is 0 Å². The SMILES string of the molecule is c1ccc(-c2nc(-c3ccc4c(c3)sc3ccccc34)nc(-c3cccc4sc5cc(-c6ccc7c(c6)oc6ccc(-c8ccc9c%10ccccc%10n(-c%10ccccc%10)c9c8)cc67)ccc5c34)n2)cc1. The van der Waals surface area contributed by atoms with Crippen molar-refractivity contribution in [2.45, 2.75) is 0 Å². The number of hydrogen-bond donors (Lipinski definition) is 0. The van der Waals surface area contributed by atoms with Crippen LogP contribution in [0.15, 0.2) is 223 Å². The summed E-state index contributed by atoms with van der Waals surface area (Å²) < 4.78 is 13.8. The van der Waals surface area contributed by atoms with E-state index in [-0.39, 0.29) is 0 Å². The Morgan fingerprint density at radius 2 is 0.886 bits per heavy atom. The van der Waals surface area contributed by atoms with Crippen LogP contribution in [0, 0.1) is 0 Å². The molecule has 15 rings (SSSR count). The van der Waals surface area contributed by atoms with Crippen molar-refractivity contribution >= 4 is 107 Å². The van der Waals surface area contributed by atoms with Crippen LogP contribution in [0.2, 0.25) is 0 Å². The van der Waals surface area contributed by atoms with Gasteiger partial charge >= 0.3 is 0 Å². The maximum absolute atomic E-state index is 6.59. The van der Waals surface area contributed by atoms with Crippen LogP contribution in [0.5, 0.6) is 0 Å². The summed E-state index contributed by atoms with van der Waals surface area (Å²) in [4.78, 5) is 15.5. The van der Waals surface area contributed by atoms with Crippen molar-refractivity contribution in [3.8, 4) is 62.1 Å². The number of furan rings is 1. The van der Waals surface area contributed by atoms with Gasteiger partial charge in [0.15, 0.2) is 17.5 Å². The number of benzene rings is 10. The van der Waals surface area contributed by atoms with Gasteiger partial charge < -0.3 is 8.98 Å². The van der Waals surface area contributed by atoms with Gasteiger partial charge in [-0.3, -0.25) is 0 Å². The van der Waals surface area contributed by atoms with Gasteiger partial charge in [0, 0.05) is 84.3 Å². The van der Waals surface area contributed by atoms with Gasteiger partial charge in [-0.05, 0) is 95.1 Å². The molecule has 0 N–H and O–H groups in total. The summed E-state index contributed by atoms with van der Waals surface area (Å²) >= 11 is 3.60. The number of aromatic nitrogens is 4. The highest BCUT2D eigenvalue weighted by Crippen LogP contribution is 2.44. The molecule has 5 nitrogen and oxygen atoms in total. The predicted molar refractivity (Wildman–Crippen MR) is 294 cm³/mol. The summed E-state index contributed by atoms with van der Waals surface area (Å²) in [6.07, 6.45) is 0. The number of fused-ring (bicyclic) bond motifs is 12. The van der Waals surface area contributed by atoms with E-state index >= 15 is 0 Å². The average Bonchev–Trinajstić information content (AvgIpc) is 4.19. The van der Waals surface area contributed by atoms with Crippen molar-refractivity contribution in [2.24, 2.45) is 0 Å². The van der Waals surface area contributed by atoms with Gasteiger partial charge in [0.25, 0.3) is 0 Å². The number of rotatable bonds is 6. The van der Waals surface area contributed by atoms with Gasteiger partial charge in [0.05, 0.1) is 11.0 Å². The smallest absolute Gasteiger partial charge is 0.164 e. The molecule has 0 aliphatic heterocycles. The monoisotopic (exact) mass is 928 g/mol. The van der Waals surface area contributed by atoms with E-state index in [1.807, 2.05) is 18.2 Å². The Morgan fingerprint density at radius 3 is 1.76 bits per heavy atom. The Kier molecular flexibility index (Phi) is 8.63. The number of para-hydroxylation sites is 2. The second kappa shape index (κ2) is 15.4. The molecule has 10 aromatic carbocycles.